The molecule has 0 radical (unpaired) electrons. The third-order valence-corrected chi connectivity index (χ3v) is 15.4. The van der Waals surface area contributed by atoms with Gasteiger partial charge in [-0.1, -0.05) is 0 Å². The second-order valence-corrected chi connectivity index (χ2v) is 29.3. The van der Waals surface area contributed by atoms with Crippen molar-refractivity contribution in [2.24, 2.45) is 0 Å². The SMILES string of the molecule is ClCCOCCOCCOCC(COCC(COCC(COCCOCCOCCCl)OCCOCCOCCCl)OCCOCCOCCCl)OCCOCCOCCCl.O=S(Cl)Cl.OCCOCCOCCOCC(COCC(COCC(COCCOCCOCCO)OCCOCCOCCO)OCCOCCOCCO)OCCOCCOCCO. The molecule has 0 heterocycles. The van der Waals surface area contributed by atoms with Crippen LogP contribution in [-0.2, 0) is 170 Å². The van der Waals surface area contributed by atoms with Crippen molar-refractivity contribution in [3.63, 3.8) is 0 Å². The Morgan fingerprint density at radius 1 is 0.151 bits per heavy atom. The Labute approximate surface area is 783 Å². The first-order chi connectivity index (χ1) is 62.2. The van der Waals surface area contributed by atoms with Gasteiger partial charge in [-0.2, -0.15) is 0 Å². The van der Waals surface area contributed by atoms with Gasteiger partial charge in [0.1, 0.15) is 36.6 Å². The summed E-state index contributed by atoms with van der Waals surface area (Å²) >= 11 is 28.2. The van der Waals surface area contributed by atoms with Gasteiger partial charge in [0, 0.05) is 50.8 Å². The summed E-state index contributed by atoms with van der Waals surface area (Å²) in [6.07, 6.45) is -2.54. The van der Waals surface area contributed by atoms with Gasteiger partial charge in [0.2, 0.25) is 9.23 Å². The van der Waals surface area contributed by atoms with E-state index in [9.17, 15) is 0 Å². The molecule has 126 heavy (non-hydrogen) atoms. The maximum Gasteiger partial charge on any atom is 0.211 e. The number of alkyl halides is 5. The molecule has 40 nitrogen and oxygen atoms in total. The molecule has 0 amide bonds. The maximum atomic E-state index is 9.09. The number of ether oxygens (including phenoxy) is 34. The molecule has 0 saturated carbocycles. The van der Waals surface area contributed by atoms with E-state index >= 15 is 0 Å². The number of aliphatic hydroxyl groups excluding tert-OH is 5. The summed E-state index contributed by atoms with van der Waals surface area (Å²) in [5, 5.41) is 44.2. The lowest BCUT2D eigenvalue weighted by molar-refractivity contribution is -0.121. The summed E-state index contributed by atoms with van der Waals surface area (Å²) in [5.74, 6) is 2.19. The van der Waals surface area contributed by atoms with E-state index in [0.717, 1.165) is 0 Å². The zero-order chi connectivity index (χ0) is 92.0. The van der Waals surface area contributed by atoms with Crippen molar-refractivity contribution in [2.45, 2.75) is 36.6 Å². The number of halogens is 7. The number of aliphatic hydroxyl groups is 5. The number of hydrogen-bond donors (Lipinski definition) is 5. The molecule has 5 N–H and O–H groups in total. The molecule has 0 aromatic carbocycles. The van der Waals surface area contributed by atoms with Gasteiger partial charge in [-0.25, -0.2) is 4.21 Å². The molecule has 0 aliphatic carbocycles. The second kappa shape index (κ2) is 120. The van der Waals surface area contributed by atoms with Crippen molar-refractivity contribution in [3.05, 3.63) is 0 Å². The van der Waals surface area contributed by atoms with Gasteiger partial charge in [-0.05, 0) is 0 Å². The Morgan fingerprint density at radius 3 is 0.365 bits per heavy atom. The minimum atomic E-state index is -1.67. The lowest BCUT2D eigenvalue weighted by Crippen LogP contribution is -2.34. The predicted molar refractivity (Wildman–Crippen MR) is 470 cm³/mol. The first-order valence-electron chi connectivity index (χ1n) is 42.6. The molecule has 0 rings (SSSR count). The van der Waals surface area contributed by atoms with Gasteiger partial charge >= 0.3 is 0 Å². The summed E-state index contributed by atoms with van der Waals surface area (Å²) in [6, 6.07) is 0. The van der Waals surface area contributed by atoms with Crippen LogP contribution in [0.1, 0.15) is 0 Å². The van der Waals surface area contributed by atoms with Crippen molar-refractivity contribution in [1.82, 2.24) is 0 Å². The highest BCUT2D eigenvalue weighted by Gasteiger charge is 2.21. The quantitative estimate of drug-likeness (QED) is 0.0330. The summed E-state index contributed by atoms with van der Waals surface area (Å²) in [6.45, 7) is 21.0. The van der Waals surface area contributed by atoms with Crippen LogP contribution in [-0.4, -0.2) is 538 Å². The Bertz CT molecular complexity index is 1750. The summed E-state index contributed by atoms with van der Waals surface area (Å²) < 4.78 is 202. The maximum absolute atomic E-state index is 9.09. The van der Waals surface area contributed by atoms with Crippen LogP contribution in [0, 0.1) is 0 Å². The first kappa shape index (κ1) is 131. The van der Waals surface area contributed by atoms with Gasteiger partial charge in [0.15, 0.2) is 0 Å². The van der Waals surface area contributed by atoms with Crippen molar-refractivity contribution < 1.29 is 191 Å². The van der Waals surface area contributed by atoms with Crippen LogP contribution in [0.4, 0.5) is 0 Å². The molecular weight excluding hydrogens is 1860 g/mol. The average molecular weight is 2010 g/mol. The van der Waals surface area contributed by atoms with E-state index < -0.39 is 33.6 Å². The van der Waals surface area contributed by atoms with Crippen molar-refractivity contribution in [3.8, 4) is 0 Å². The lowest BCUT2D eigenvalue weighted by atomic mass is 10.3. The third-order valence-electron chi connectivity index (χ3n) is 14.6. The zero-order valence-electron chi connectivity index (χ0n) is 74.0. The predicted octanol–water partition coefficient (Wildman–Crippen LogP) is 1.95. The number of hydrogen-bond acceptors (Lipinski definition) is 40. The minimum Gasteiger partial charge on any atom is -0.394 e. The first-order valence-corrected chi connectivity index (χ1v) is 48.1. The van der Waals surface area contributed by atoms with E-state index in [-0.39, 0.29) is 177 Å². The van der Waals surface area contributed by atoms with Crippen LogP contribution in [0.3, 0.4) is 0 Å². The van der Waals surface area contributed by atoms with Crippen molar-refractivity contribution in [1.29, 1.82) is 0 Å². The van der Waals surface area contributed by atoms with Crippen LogP contribution in [0.5, 0.6) is 0 Å². The molecule has 4 atom stereocenters. The second-order valence-electron chi connectivity index (χ2n) is 24.9. The molecular formula is C78H155Cl7O40S. The summed E-state index contributed by atoms with van der Waals surface area (Å²) in [4.78, 5) is 0. The standard InChI is InChI=1S/C39H75Cl5O17.C39H80O22.Cl2OS/c2*40-1-6-45-11-16-50-21-23-55-31-37(59-28-25-52-18-13-47-8-3-42)33-57-35-39(61-30-27-54-20-15-49-10-5-44)36-58-34-38(60-29-26-53-19-14-48-9-4-43)32-56-24-22-51-17-12-46-7-2-41;1-4(2)3/h37-39H,1-36H2;37-44H,1-36H2;. The van der Waals surface area contributed by atoms with E-state index in [1.54, 1.807) is 0 Å². The van der Waals surface area contributed by atoms with Crippen LogP contribution in [0.25, 0.3) is 0 Å². The molecule has 0 bridgehead atoms. The van der Waals surface area contributed by atoms with Gasteiger partial charge in [-0.3, -0.25) is 0 Å². The van der Waals surface area contributed by atoms with Gasteiger partial charge in [0.25, 0.3) is 0 Å². The fraction of sp³-hybridized carbons (Fsp3) is 1.00. The lowest BCUT2D eigenvalue weighted by Gasteiger charge is -2.23. The van der Waals surface area contributed by atoms with Gasteiger partial charge in [0.05, 0.1) is 443 Å². The third kappa shape index (κ3) is 115. The molecule has 0 saturated heterocycles. The fourth-order valence-corrected chi connectivity index (χ4v) is 9.52. The molecule has 0 aromatic rings. The van der Waals surface area contributed by atoms with E-state index in [2.05, 4.69) is 21.4 Å². The Morgan fingerprint density at radius 2 is 0.246 bits per heavy atom. The molecule has 0 aliphatic heterocycles. The largest absolute Gasteiger partial charge is 0.394 e. The number of rotatable bonds is 110. The van der Waals surface area contributed by atoms with Crippen LogP contribution in [0.15, 0.2) is 0 Å². The normalized spacial score (nSPS) is 13.2. The van der Waals surface area contributed by atoms with Gasteiger partial charge in [-0.15, -0.1) is 58.0 Å². The molecule has 48 heteroatoms. The van der Waals surface area contributed by atoms with Crippen molar-refractivity contribution in [2.75, 3.05) is 472 Å². The molecule has 4 unspecified atom stereocenters. The van der Waals surface area contributed by atoms with Crippen LogP contribution in [0.2, 0.25) is 0 Å². The fourth-order valence-electron chi connectivity index (χ4n) is 8.98. The minimum absolute atomic E-state index is 0.0403. The van der Waals surface area contributed by atoms with Crippen molar-refractivity contribution >= 4 is 88.6 Å². The zero-order valence-corrected chi connectivity index (χ0v) is 80.1. The van der Waals surface area contributed by atoms with Crippen LogP contribution >= 0.6 is 79.4 Å². The topological polar surface area (TPSA) is 432 Å². The molecule has 0 aromatic heterocycles. The average Bonchev–Trinajstić information content (AvgIpc) is 0.961. The summed E-state index contributed by atoms with van der Waals surface area (Å²) in [7, 11) is 7.36. The Balaban J connectivity index is -0.00000230. The highest BCUT2D eigenvalue weighted by molar-refractivity contribution is 8.26. The van der Waals surface area contributed by atoms with E-state index in [0.29, 0.717) is 307 Å². The highest BCUT2D eigenvalue weighted by atomic mass is 36.0. The highest BCUT2D eigenvalue weighted by Crippen LogP contribution is 2.08. The Hall–Kier alpha value is 0.620. The molecule has 0 spiro atoms. The van der Waals surface area contributed by atoms with Gasteiger partial charge < -0.3 is 187 Å². The summed E-state index contributed by atoms with van der Waals surface area (Å²) in [5.41, 5.74) is 0. The molecule has 0 aliphatic rings. The van der Waals surface area contributed by atoms with E-state index in [1.807, 2.05) is 0 Å². The molecule has 762 valence electrons. The smallest absolute Gasteiger partial charge is 0.211 e. The van der Waals surface area contributed by atoms with E-state index in [1.165, 1.54) is 0 Å². The monoisotopic (exact) mass is 2010 g/mol. The molecule has 0 fully saturated rings. The Kier molecular flexibility index (Phi) is 124. The van der Waals surface area contributed by atoms with E-state index in [4.69, 9.17) is 249 Å². The van der Waals surface area contributed by atoms with Crippen LogP contribution < -0.4 is 0 Å².